The van der Waals surface area contributed by atoms with E-state index in [-0.39, 0.29) is 0 Å². The van der Waals surface area contributed by atoms with Gasteiger partial charge in [0, 0.05) is 56.3 Å². The number of likely N-dealkylation sites (N-methyl/N-ethyl adjacent to an activating group) is 2. The smallest absolute Gasteiger partial charge is 0.135 e. The largest absolute Gasteiger partial charge is 0.387 e. The molecule has 9 heteroatoms. The molecule has 1 aliphatic carbocycles. The number of fused-ring (bicyclic) bond motifs is 1. The number of rotatable bonds is 5. The first-order chi connectivity index (χ1) is 15.9. The number of aldehydes is 1. The monoisotopic (exact) mass is 476 g/mol. The van der Waals surface area contributed by atoms with Crippen LogP contribution >= 0.6 is 11.6 Å². The van der Waals surface area contributed by atoms with Gasteiger partial charge in [0.05, 0.1) is 11.8 Å². The van der Waals surface area contributed by atoms with Gasteiger partial charge in [-0.05, 0) is 44.1 Å². The third kappa shape index (κ3) is 8.32. The third-order valence-electron chi connectivity index (χ3n) is 5.71. The van der Waals surface area contributed by atoms with Crippen molar-refractivity contribution < 1.29 is 9.90 Å². The second-order valence-corrected chi connectivity index (χ2v) is 8.76. The molecule has 0 spiro atoms. The molecule has 33 heavy (non-hydrogen) atoms. The highest BCUT2D eigenvalue weighted by Gasteiger charge is 2.33. The number of carbonyl (C=O) groups is 1. The first-order valence-corrected chi connectivity index (χ1v) is 11.8. The van der Waals surface area contributed by atoms with Gasteiger partial charge in [0.15, 0.2) is 0 Å². The highest BCUT2D eigenvalue weighted by molar-refractivity contribution is 6.30. The maximum absolute atomic E-state index is 10.0. The number of hydrogen-bond acceptors (Lipinski definition) is 8. The summed E-state index contributed by atoms with van der Waals surface area (Å²) in [5.74, 6) is 1.39. The zero-order chi connectivity index (χ0) is 24.2. The van der Waals surface area contributed by atoms with Gasteiger partial charge in [0.2, 0.25) is 0 Å². The Hall–Kier alpha value is -2.10. The van der Waals surface area contributed by atoms with Gasteiger partial charge in [0.1, 0.15) is 18.4 Å². The van der Waals surface area contributed by atoms with Gasteiger partial charge in [-0.3, -0.25) is 0 Å². The van der Waals surface area contributed by atoms with E-state index in [4.69, 9.17) is 17.3 Å². The maximum Gasteiger partial charge on any atom is 0.135 e. The van der Waals surface area contributed by atoms with Crippen LogP contribution in [0.4, 0.5) is 5.82 Å². The Balaban J connectivity index is 0.000000217. The minimum absolute atomic E-state index is 0.353. The van der Waals surface area contributed by atoms with Crippen LogP contribution in [0.3, 0.4) is 0 Å². The van der Waals surface area contributed by atoms with Crippen LogP contribution in [0.5, 0.6) is 0 Å². The third-order valence-corrected chi connectivity index (χ3v) is 5.96. The van der Waals surface area contributed by atoms with Gasteiger partial charge in [-0.1, -0.05) is 30.7 Å². The van der Waals surface area contributed by atoms with E-state index in [1.54, 1.807) is 18.5 Å². The minimum atomic E-state index is -0.413. The van der Waals surface area contributed by atoms with Crippen molar-refractivity contribution in [2.75, 3.05) is 58.3 Å². The lowest BCUT2D eigenvalue weighted by atomic mass is 10.1. The standard InChI is InChI=1S/C13H20N4O.C8H7ClO.C3H10N2/c1-9-7-10(18)12-11(9)13(15-8-14-12)17-5-3-16(2)4-6-17;9-8-3-1-7(2-4-8)5-6-10;1-5-3-2-4/h8-10,18H,3-7H2,1-2H3;1-4,6H,5H2;5H,2-4H2,1H3/t9-,10?;;/m1../s1. The number of benzene rings is 1. The highest BCUT2D eigenvalue weighted by Crippen LogP contribution is 2.42. The molecule has 2 aromatic rings. The van der Waals surface area contributed by atoms with E-state index in [1.165, 1.54) is 0 Å². The lowest BCUT2D eigenvalue weighted by molar-refractivity contribution is -0.107. The highest BCUT2D eigenvalue weighted by atomic mass is 35.5. The molecule has 1 fully saturated rings. The van der Waals surface area contributed by atoms with E-state index in [0.29, 0.717) is 17.4 Å². The molecule has 1 unspecified atom stereocenters. The quantitative estimate of drug-likeness (QED) is 0.562. The molecule has 2 heterocycles. The van der Waals surface area contributed by atoms with Gasteiger partial charge < -0.3 is 30.8 Å². The molecular weight excluding hydrogens is 440 g/mol. The topological polar surface area (TPSA) is 108 Å². The van der Waals surface area contributed by atoms with Crippen molar-refractivity contribution in [3.63, 3.8) is 0 Å². The van der Waals surface area contributed by atoms with Crippen LogP contribution < -0.4 is 16.0 Å². The summed E-state index contributed by atoms with van der Waals surface area (Å²) in [4.78, 5) is 23.4. The first kappa shape index (κ1) is 27.1. The molecule has 1 aromatic heterocycles. The predicted molar refractivity (Wildman–Crippen MR) is 134 cm³/mol. The van der Waals surface area contributed by atoms with Crippen molar-refractivity contribution >= 4 is 23.7 Å². The zero-order valence-corrected chi connectivity index (χ0v) is 20.6. The Morgan fingerprint density at radius 2 is 1.88 bits per heavy atom. The molecule has 0 amide bonds. The molecule has 1 aromatic carbocycles. The van der Waals surface area contributed by atoms with Crippen LogP contribution in [0, 0.1) is 0 Å². The molecule has 0 saturated carbocycles. The fraction of sp³-hybridized carbons (Fsp3) is 0.542. The average molecular weight is 477 g/mol. The van der Waals surface area contributed by atoms with Crippen molar-refractivity contribution in [3.05, 3.63) is 52.4 Å². The fourth-order valence-corrected chi connectivity index (χ4v) is 3.96. The molecule has 0 radical (unpaired) electrons. The number of nitrogens with zero attached hydrogens (tertiary/aromatic N) is 4. The SMILES string of the molecule is CNCCN.C[C@@H]1CC(O)c2ncnc(N3CCN(C)CC3)c21.O=CCc1ccc(Cl)cc1. The molecule has 1 aliphatic heterocycles. The Morgan fingerprint density at radius 1 is 1.21 bits per heavy atom. The summed E-state index contributed by atoms with van der Waals surface area (Å²) in [5, 5.41) is 13.6. The van der Waals surface area contributed by atoms with Gasteiger partial charge in [-0.25, -0.2) is 9.97 Å². The summed E-state index contributed by atoms with van der Waals surface area (Å²) in [5.41, 5.74) is 8.08. The second kappa shape index (κ2) is 14.2. The van der Waals surface area contributed by atoms with E-state index >= 15 is 0 Å². The van der Waals surface area contributed by atoms with Crippen molar-refractivity contribution in [3.8, 4) is 0 Å². The van der Waals surface area contributed by atoms with E-state index in [1.807, 2.05) is 19.2 Å². The minimum Gasteiger partial charge on any atom is -0.387 e. The number of anilines is 1. The lowest BCUT2D eigenvalue weighted by Crippen LogP contribution is -2.45. The van der Waals surface area contributed by atoms with E-state index in [9.17, 15) is 9.90 Å². The number of halogens is 1. The molecule has 1 saturated heterocycles. The van der Waals surface area contributed by atoms with Gasteiger partial charge >= 0.3 is 0 Å². The normalized spacial score (nSPS) is 19.6. The van der Waals surface area contributed by atoms with Gasteiger partial charge in [-0.2, -0.15) is 0 Å². The van der Waals surface area contributed by atoms with Crippen LogP contribution in [-0.4, -0.2) is 79.6 Å². The van der Waals surface area contributed by atoms with Gasteiger partial charge in [-0.15, -0.1) is 0 Å². The number of hydrogen-bond donors (Lipinski definition) is 3. The maximum atomic E-state index is 10.0. The summed E-state index contributed by atoms with van der Waals surface area (Å²) in [7, 11) is 4.03. The number of nitrogens with two attached hydrogens (primary N) is 1. The van der Waals surface area contributed by atoms with Crippen LogP contribution in [0.15, 0.2) is 30.6 Å². The van der Waals surface area contributed by atoms with Crippen LogP contribution in [-0.2, 0) is 11.2 Å². The average Bonchev–Trinajstić information content (AvgIpc) is 3.11. The number of carbonyl (C=O) groups excluding carboxylic acids is 1. The molecule has 2 aliphatic rings. The Morgan fingerprint density at radius 3 is 2.42 bits per heavy atom. The molecule has 0 bridgehead atoms. The van der Waals surface area contributed by atoms with Crippen LogP contribution in [0.25, 0.3) is 0 Å². The summed E-state index contributed by atoms with van der Waals surface area (Å²) >= 11 is 5.62. The summed E-state index contributed by atoms with van der Waals surface area (Å²) in [6, 6.07) is 7.24. The number of aliphatic hydroxyl groups is 1. The summed E-state index contributed by atoms with van der Waals surface area (Å²) in [6.45, 7) is 7.94. The number of aliphatic hydroxyl groups excluding tert-OH is 1. The van der Waals surface area contributed by atoms with Crippen molar-refractivity contribution in [1.29, 1.82) is 0 Å². The predicted octanol–water partition coefficient (Wildman–Crippen LogP) is 2.01. The van der Waals surface area contributed by atoms with Crippen molar-refractivity contribution in [2.45, 2.75) is 31.8 Å². The van der Waals surface area contributed by atoms with Crippen molar-refractivity contribution in [2.24, 2.45) is 5.73 Å². The number of nitrogens with one attached hydrogen (secondary N) is 1. The fourth-order valence-electron chi connectivity index (χ4n) is 3.83. The molecule has 4 N–H and O–H groups in total. The second-order valence-electron chi connectivity index (χ2n) is 8.33. The lowest BCUT2D eigenvalue weighted by Gasteiger charge is -2.34. The molecule has 4 rings (SSSR count). The Kier molecular flexibility index (Phi) is 11.7. The van der Waals surface area contributed by atoms with E-state index < -0.39 is 6.10 Å². The summed E-state index contributed by atoms with van der Waals surface area (Å²) in [6.07, 6.45) is 3.30. The molecule has 2 atom stereocenters. The zero-order valence-electron chi connectivity index (χ0n) is 19.9. The van der Waals surface area contributed by atoms with Crippen LogP contribution in [0.1, 0.15) is 42.2 Å². The molecule has 8 nitrogen and oxygen atoms in total. The molecule has 182 valence electrons. The van der Waals surface area contributed by atoms with Crippen molar-refractivity contribution in [1.82, 2.24) is 20.2 Å². The number of piperazine rings is 1. The van der Waals surface area contributed by atoms with E-state index in [0.717, 1.165) is 74.6 Å². The first-order valence-electron chi connectivity index (χ1n) is 11.4. The molecular formula is C24H37ClN6O2. The van der Waals surface area contributed by atoms with E-state index in [2.05, 4.69) is 39.1 Å². The Bertz CT molecular complexity index is 841. The number of aromatic nitrogens is 2. The van der Waals surface area contributed by atoms with Crippen LogP contribution in [0.2, 0.25) is 5.02 Å². The Labute approximate surface area is 202 Å². The van der Waals surface area contributed by atoms with Gasteiger partial charge in [0.25, 0.3) is 0 Å². The summed E-state index contributed by atoms with van der Waals surface area (Å²) < 4.78 is 0.